The molecule has 0 radical (unpaired) electrons. The number of carbonyl (C=O) groups excluding carboxylic acids is 1. The van der Waals surface area contributed by atoms with Gasteiger partial charge in [-0.25, -0.2) is 9.18 Å². The molecule has 33 heavy (non-hydrogen) atoms. The molecule has 0 amide bonds. The Hall–Kier alpha value is -4.54. The van der Waals surface area contributed by atoms with Gasteiger partial charge in [0.15, 0.2) is 40.7 Å². The fourth-order valence-electron chi connectivity index (χ4n) is 3.54. The van der Waals surface area contributed by atoms with E-state index in [0.717, 1.165) is 12.1 Å². The molecule has 1 heterocycles. The Kier molecular flexibility index (Phi) is 5.16. The summed E-state index contributed by atoms with van der Waals surface area (Å²) in [4.78, 5) is 12.7. The summed E-state index contributed by atoms with van der Waals surface area (Å²) in [6.45, 7) is 0. The smallest absolute Gasteiger partial charge is 0.341 e. The second kappa shape index (κ2) is 7.86. The number of phenolic OH excluding ortho intramolecular Hbond substituents is 7. The number of hydrogen-bond donors (Lipinski definition) is 7. The van der Waals surface area contributed by atoms with E-state index in [2.05, 4.69) is 0 Å². The summed E-state index contributed by atoms with van der Waals surface area (Å²) in [5, 5.41) is 68.2. The number of phenols is 7. The van der Waals surface area contributed by atoms with Gasteiger partial charge in [-0.2, -0.15) is 0 Å². The molecule has 0 saturated heterocycles. The van der Waals surface area contributed by atoms with Crippen LogP contribution in [0.25, 0.3) is 0 Å². The number of aromatic hydroxyl groups is 7. The van der Waals surface area contributed by atoms with Gasteiger partial charge in [0.1, 0.15) is 23.2 Å². The molecule has 1 aliphatic heterocycles. The quantitative estimate of drug-likeness (QED) is 0.227. The van der Waals surface area contributed by atoms with Crippen molar-refractivity contribution in [3.63, 3.8) is 0 Å². The Morgan fingerprint density at radius 3 is 2.18 bits per heavy atom. The summed E-state index contributed by atoms with van der Waals surface area (Å²) in [7, 11) is 0. The summed E-state index contributed by atoms with van der Waals surface area (Å²) >= 11 is 0. The van der Waals surface area contributed by atoms with Crippen molar-refractivity contribution < 1.29 is 54.4 Å². The molecule has 0 saturated carbocycles. The first-order valence-corrected chi connectivity index (χ1v) is 9.45. The Bertz CT molecular complexity index is 1250. The van der Waals surface area contributed by atoms with Crippen LogP contribution in [0.4, 0.5) is 4.39 Å². The molecular formula is C22H17FO10. The highest BCUT2D eigenvalue weighted by Crippen LogP contribution is 2.45. The van der Waals surface area contributed by atoms with E-state index < -0.39 is 64.1 Å². The van der Waals surface area contributed by atoms with Crippen LogP contribution in [0.3, 0.4) is 0 Å². The van der Waals surface area contributed by atoms with E-state index in [-0.39, 0.29) is 29.0 Å². The van der Waals surface area contributed by atoms with Gasteiger partial charge in [0.2, 0.25) is 5.75 Å². The zero-order chi connectivity index (χ0) is 24.0. The SMILES string of the molecule is O=C(O[C@@H]1Cc2c(O)cccc2O[C@@H]1c1cc(O)c(O)c(O)c1)c1cc(O)c(O)c(O)c1F. The van der Waals surface area contributed by atoms with Crippen molar-refractivity contribution in [2.24, 2.45) is 0 Å². The summed E-state index contributed by atoms with van der Waals surface area (Å²) in [6, 6.07) is 7.08. The number of rotatable bonds is 3. The lowest BCUT2D eigenvalue weighted by Gasteiger charge is -2.34. The molecule has 0 spiro atoms. The minimum atomic E-state index is -1.54. The van der Waals surface area contributed by atoms with Gasteiger partial charge < -0.3 is 45.2 Å². The largest absolute Gasteiger partial charge is 0.508 e. The van der Waals surface area contributed by atoms with E-state index in [1.165, 1.54) is 18.2 Å². The molecule has 172 valence electrons. The summed E-state index contributed by atoms with van der Waals surface area (Å²) in [6.07, 6.45) is -2.60. The van der Waals surface area contributed by atoms with E-state index in [4.69, 9.17) is 9.47 Å². The average molecular weight is 460 g/mol. The molecule has 3 aromatic carbocycles. The van der Waals surface area contributed by atoms with Crippen LogP contribution in [0.5, 0.6) is 46.0 Å². The summed E-state index contributed by atoms with van der Waals surface area (Å²) in [5.74, 6) is -8.45. The van der Waals surface area contributed by atoms with Gasteiger partial charge in [-0.3, -0.25) is 0 Å². The fourth-order valence-corrected chi connectivity index (χ4v) is 3.54. The lowest BCUT2D eigenvalue weighted by molar-refractivity contribution is -0.0192. The average Bonchev–Trinajstić information content (AvgIpc) is 2.78. The van der Waals surface area contributed by atoms with Crippen molar-refractivity contribution in [1.82, 2.24) is 0 Å². The molecule has 0 unspecified atom stereocenters. The highest BCUT2D eigenvalue weighted by molar-refractivity contribution is 5.91. The van der Waals surface area contributed by atoms with Gasteiger partial charge in [-0.05, 0) is 24.3 Å². The van der Waals surface area contributed by atoms with E-state index in [9.17, 15) is 44.9 Å². The molecule has 10 nitrogen and oxygen atoms in total. The molecule has 0 bridgehead atoms. The van der Waals surface area contributed by atoms with Crippen molar-refractivity contribution in [3.05, 3.63) is 58.9 Å². The lowest BCUT2D eigenvalue weighted by atomic mass is 9.93. The van der Waals surface area contributed by atoms with Crippen molar-refractivity contribution in [2.45, 2.75) is 18.6 Å². The molecule has 0 aliphatic carbocycles. The van der Waals surface area contributed by atoms with E-state index in [1.54, 1.807) is 0 Å². The maximum atomic E-state index is 14.3. The lowest BCUT2D eigenvalue weighted by Crippen LogP contribution is -2.35. The van der Waals surface area contributed by atoms with Crippen molar-refractivity contribution in [1.29, 1.82) is 0 Å². The highest BCUT2D eigenvalue weighted by Gasteiger charge is 2.37. The zero-order valence-corrected chi connectivity index (χ0v) is 16.6. The van der Waals surface area contributed by atoms with E-state index in [1.807, 2.05) is 0 Å². The predicted molar refractivity (Wildman–Crippen MR) is 107 cm³/mol. The molecule has 11 heteroatoms. The first-order chi connectivity index (χ1) is 15.6. The first kappa shape index (κ1) is 21.7. The van der Waals surface area contributed by atoms with Crippen LogP contribution >= 0.6 is 0 Å². The Balaban J connectivity index is 1.75. The number of ether oxygens (including phenoxy) is 2. The van der Waals surface area contributed by atoms with Crippen LogP contribution in [0.15, 0.2) is 36.4 Å². The van der Waals surface area contributed by atoms with Gasteiger partial charge in [-0.15, -0.1) is 0 Å². The van der Waals surface area contributed by atoms with Gasteiger partial charge in [0, 0.05) is 23.6 Å². The number of fused-ring (bicyclic) bond motifs is 1. The second-order valence-corrected chi connectivity index (χ2v) is 7.30. The Morgan fingerprint density at radius 2 is 1.52 bits per heavy atom. The van der Waals surface area contributed by atoms with Crippen LogP contribution in [0.1, 0.15) is 27.6 Å². The Morgan fingerprint density at radius 1 is 0.879 bits per heavy atom. The highest BCUT2D eigenvalue weighted by atomic mass is 19.1. The van der Waals surface area contributed by atoms with Crippen LogP contribution in [0.2, 0.25) is 0 Å². The van der Waals surface area contributed by atoms with Crippen LogP contribution in [-0.4, -0.2) is 47.8 Å². The molecule has 1 aliphatic rings. The number of carbonyl (C=O) groups is 1. The van der Waals surface area contributed by atoms with E-state index >= 15 is 0 Å². The maximum absolute atomic E-state index is 14.3. The van der Waals surface area contributed by atoms with Crippen molar-refractivity contribution >= 4 is 5.97 Å². The summed E-state index contributed by atoms with van der Waals surface area (Å²) < 4.78 is 25.5. The minimum absolute atomic E-state index is 0.0754. The number of hydrogen-bond acceptors (Lipinski definition) is 10. The van der Waals surface area contributed by atoms with E-state index in [0.29, 0.717) is 6.07 Å². The summed E-state index contributed by atoms with van der Waals surface area (Å²) in [5.41, 5.74) is -0.553. The van der Waals surface area contributed by atoms with Crippen molar-refractivity contribution in [3.8, 4) is 46.0 Å². The third-order valence-corrected chi connectivity index (χ3v) is 5.20. The molecule has 0 fully saturated rings. The zero-order valence-electron chi connectivity index (χ0n) is 16.6. The van der Waals surface area contributed by atoms with Gasteiger partial charge in [0.25, 0.3) is 0 Å². The second-order valence-electron chi connectivity index (χ2n) is 7.30. The standard InChI is InChI=1S/C22H17FO10/c23-17-10(6-14(27)19(29)20(17)30)22(31)33-16-7-9-11(24)2-1-3-15(9)32-21(16)8-4-12(25)18(28)13(26)5-8/h1-6,16,21,24-30H,7H2/t16-,21-/m1/s1. The molecule has 0 aromatic heterocycles. The fraction of sp³-hybridized carbons (Fsp3) is 0.136. The van der Waals surface area contributed by atoms with Gasteiger partial charge in [0.05, 0.1) is 0 Å². The predicted octanol–water partition coefficient (Wildman–Crippen LogP) is 2.67. The van der Waals surface area contributed by atoms with Gasteiger partial charge in [-0.1, -0.05) is 6.07 Å². The molecule has 7 N–H and O–H groups in total. The van der Waals surface area contributed by atoms with Gasteiger partial charge >= 0.3 is 5.97 Å². The monoisotopic (exact) mass is 460 g/mol. The number of esters is 1. The third-order valence-electron chi connectivity index (χ3n) is 5.20. The normalized spacial score (nSPS) is 17.1. The maximum Gasteiger partial charge on any atom is 0.341 e. The Labute approximate surface area is 184 Å². The number of benzene rings is 3. The molecular weight excluding hydrogens is 443 g/mol. The molecule has 4 rings (SSSR count). The van der Waals surface area contributed by atoms with Crippen molar-refractivity contribution in [2.75, 3.05) is 0 Å². The topological polar surface area (TPSA) is 177 Å². The third kappa shape index (κ3) is 3.69. The molecule has 3 aromatic rings. The first-order valence-electron chi connectivity index (χ1n) is 9.45. The minimum Gasteiger partial charge on any atom is -0.508 e. The molecule has 2 atom stereocenters. The van der Waals surface area contributed by atoms with Crippen LogP contribution in [-0.2, 0) is 11.2 Å². The number of halogens is 1. The van der Waals surface area contributed by atoms with Crippen LogP contribution < -0.4 is 4.74 Å². The van der Waals surface area contributed by atoms with Crippen LogP contribution in [0, 0.1) is 5.82 Å².